The second kappa shape index (κ2) is 15.8. The SMILES string of the molecule is c1ccc(-c2ccc(-c3cc4c(cc3-c3ccc(N(c5ccc(-c6ccccc6)cc5)c5ccc(-c6ccccc6)cc5)cc3)oc3c5ccccc5c5ccccc5c43)cc2)cc1. The Labute approximate surface area is 372 Å². The van der Waals surface area contributed by atoms with Crippen molar-refractivity contribution in [2.45, 2.75) is 0 Å². The topological polar surface area (TPSA) is 16.4 Å². The van der Waals surface area contributed by atoms with Crippen LogP contribution in [0.2, 0.25) is 0 Å². The molecule has 0 aliphatic heterocycles. The van der Waals surface area contributed by atoms with E-state index in [9.17, 15) is 0 Å². The van der Waals surface area contributed by atoms with E-state index >= 15 is 0 Å². The van der Waals surface area contributed by atoms with Gasteiger partial charge in [-0.05, 0) is 120 Å². The number of benzene rings is 11. The first-order valence-corrected chi connectivity index (χ1v) is 21.9. The molecule has 0 amide bonds. The predicted molar refractivity (Wildman–Crippen MR) is 271 cm³/mol. The molecule has 0 spiro atoms. The smallest absolute Gasteiger partial charge is 0.143 e. The molecule has 0 N–H and O–H groups in total. The number of fused-ring (bicyclic) bond motifs is 8. The van der Waals surface area contributed by atoms with Crippen LogP contribution in [0.1, 0.15) is 0 Å². The molecule has 0 fully saturated rings. The third kappa shape index (κ3) is 6.61. The summed E-state index contributed by atoms with van der Waals surface area (Å²) in [6.45, 7) is 0. The van der Waals surface area contributed by atoms with Crippen LogP contribution in [-0.4, -0.2) is 0 Å². The van der Waals surface area contributed by atoms with E-state index in [2.05, 4.69) is 254 Å². The molecule has 0 radical (unpaired) electrons. The van der Waals surface area contributed by atoms with Crippen LogP contribution < -0.4 is 4.90 Å². The predicted octanol–water partition coefficient (Wildman–Crippen LogP) is 17.7. The van der Waals surface area contributed by atoms with E-state index in [0.717, 1.165) is 66.6 Å². The molecule has 2 nitrogen and oxygen atoms in total. The fraction of sp³-hybridized carbons (Fsp3) is 0. The van der Waals surface area contributed by atoms with Crippen LogP contribution >= 0.6 is 0 Å². The van der Waals surface area contributed by atoms with Gasteiger partial charge in [-0.1, -0.05) is 200 Å². The van der Waals surface area contributed by atoms with Gasteiger partial charge in [-0.2, -0.15) is 0 Å². The lowest BCUT2D eigenvalue weighted by Crippen LogP contribution is -2.09. The summed E-state index contributed by atoms with van der Waals surface area (Å²) in [7, 11) is 0. The lowest BCUT2D eigenvalue weighted by Gasteiger charge is -2.26. The minimum atomic E-state index is 0.874. The average molecular weight is 816 g/mol. The Morgan fingerprint density at radius 2 is 0.578 bits per heavy atom. The van der Waals surface area contributed by atoms with Gasteiger partial charge in [0.15, 0.2) is 0 Å². The van der Waals surface area contributed by atoms with Crippen molar-refractivity contribution in [3.63, 3.8) is 0 Å². The third-order valence-corrected chi connectivity index (χ3v) is 12.7. The molecule has 300 valence electrons. The minimum absolute atomic E-state index is 0.874. The van der Waals surface area contributed by atoms with E-state index in [-0.39, 0.29) is 0 Å². The molecule has 0 atom stereocenters. The Morgan fingerprint density at radius 3 is 1.05 bits per heavy atom. The maximum atomic E-state index is 6.96. The molecule has 0 aliphatic rings. The Hall–Kier alpha value is -8.46. The van der Waals surface area contributed by atoms with Crippen LogP contribution in [0, 0.1) is 0 Å². The summed E-state index contributed by atoms with van der Waals surface area (Å²) in [6, 6.07) is 89.4. The molecule has 2 heteroatoms. The van der Waals surface area contributed by atoms with E-state index in [4.69, 9.17) is 4.42 Å². The van der Waals surface area contributed by atoms with Gasteiger partial charge in [0.25, 0.3) is 0 Å². The molecule has 0 unspecified atom stereocenters. The molecule has 1 aromatic heterocycles. The van der Waals surface area contributed by atoms with E-state index < -0.39 is 0 Å². The summed E-state index contributed by atoms with van der Waals surface area (Å²) in [5.74, 6) is 0. The van der Waals surface area contributed by atoms with Gasteiger partial charge >= 0.3 is 0 Å². The molecule has 11 aromatic carbocycles. The zero-order valence-electron chi connectivity index (χ0n) is 35.0. The summed E-state index contributed by atoms with van der Waals surface area (Å²) in [6.07, 6.45) is 0. The van der Waals surface area contributed by atoms with Crippen LogP contribution in [0.25, 0.3) is 99.1 Å². The monoisotopic (exact) mass is 815 g/mol. The van der Waals surface area contributed by atoms with Gasteiger partial charge in [-0.25, -0.2) is 0 Å². The van der Waals surface area contributed by atoms with Crippen molar-refractivity contribution in [1.82, 2.24) is 0 Å². The maximum absolute atomic E-state index is 6.96. The number of furan rings is 1. The highest BCUT2D eigenvalue weighted by molar-refractivity contribution is 6.30. The zero-order valence-corrected chi connectivity index (χ0v) is 35.0. The summed E-state index contributed by atoms with van der Waals surface area (Å²) in [5.41, 5.74) is 16.7. The Bertz CT molecular complexity index is 3510. The van der Waals surface area contributed by atoms with Crippen molar-refractivity contribution >= 4 is 60.5 Å². The zero-order chi connectivity index (χ0) is 42.4. The van der Waals surface area contributed by atoms with E-state index in [1.54, 1.807) is 0 Å². The first kappa shape index (κ1) is 37.3. The van der Waals surface area contributed by atoms with E-state index in [0.29, 0.717) is 0 Å². The number of anilines is 3. The highest BCUT2D eigenvalue weighted by Gasteiger charge is 2.20. The fourth-order valence-corrected chi connectivity index (χ4v) is 9.51. The molecular weight excluding hydrogens is 775 g/mol. The van der Waals surface area contributed by atoms with Crippen LogP contribution in [-0.2, 0) is 0 Å². The molecule has 0 bridgehead atoms. The normalized spacial score (nSPS) is 11.4. The van der Waals surface area contributed by atoms with E-state index in [1.165, 1.54) is 49.5 Å². The maximum Gasteiger partial charge on any atom is 0.143 e. The fourth-order valence-electron chi connectivity index (χ4n) is 9.51. The van der Waals surface area contributed by atoms with Crippen molar-refractivity contribution in [2.75, 3.05) is 4.90 Å². The molecule has 12 aromatic rings. The minimum Gasteiger partial charge on any atom is -0.455 e. The van der Waals surface area contributed by atoms with Crippen molar-refractivity contribution in [3.8, 4) is 55.6 Å². The molecule has 1 heterocycles. The summed E-state index contributed by atoms with van der Waals surface area (Å²) in [4.78, 5) is 2.34. The first-order valence-electron chi connectivity index (χ1n) is 21.9. The highest BCUT2D eigenvalue weighted by Crippen LogP contribution is 2.46. The van der Waals surface area contributed by atoms with E-state index in [1.807, 2.05) is 0 Å². The second-order valence-corrected chi connectivity index (χ2v) is 16.4. The molecular formula is C62H41NO. The quantitative estimate of drug-likeness (QED) is 0.142. The lowest BCUT2D eigenvalue weighted by atomic mass is 9.90. The Morgan fingerprint density at radius 1 is 0.250 bits per heavy atom. The molecule has 12 rings (SSSR count). The average Bonchev–Trinajstić information content (AvgIpc) is 3.77. The van der Waals surface area contributed by atoms with Gasteiger partial charge in [0, 0.05) is 33.2 Å². The highest BCUT2D eigenvalue weighted by atomic mass is 16.3. The van der Waals surface area contributed by atoms with Crippen LogP contribution in [0.5, 0.6) is 0 Å². The van der Waals surface area contributed by atoms with Gasteiger partial charge in [-0.15, -0.1) is 0 Å². The lowest BCUT2D eigenvalue weighted by molar-refractivity contribution is 0.673. The van der Waals surface area contributed by atoms with Crippen molar-refractivity contribution in [2.24, 2.45) is 0 Å². The molecule has 0 saturated carbocycles. The number of hydrogen-bond donors (Lipinski definition) is 0. The Balaban J connectivity index is 1.01. The summed E-state index contributed by atoms with van der Waals surface area (Å²) >= 11 is 0. The summed E-state index contributed by atoms with van der Waals surface area (Å²) < 4.78 is 6.96. The molecule has 0 saturated heterocycles. The molecule has 64 heavy (non-hydrogen) atoms. The summed E-state index contributed by atoms with van der Waals surface area (Å²) in [5, 5.41) is 7.03. The second-order valence-electron chi connectivity index (χ2n) is 16.4. The first-order chi connectivity index (χ1) is 31.7. The third-order valence-electron chi connectivity index (χ3n) is 12.7. The Kier molecular flexibility index (Phi) is 9.20. The van der Waals surface area contributed by atoms with Gasteiger partial charge in [0.1, 0.15) is 11.2 Å². The molecule has 0 aliphatic carbocycles. The van der Waals surface area contributed by atoms with Gasteiger partial charge < -0.3 is 9.32 Å². The number of nitrogens with zero attached hydrogens (tertiary/aromatic N) is 1. The van der Waals surface area contributed by atoms with Crippen LogP contribution in [0.15, 0.2) is 253 Å². The van der Waals surface area contributed by atoms with Crippen LogP contribution in [0.3, 0.4) is 0 Å². The standard InChI is InChI=1S/C62H41NO/c1-4-14-42(15-5-1)45-24-26-48(27-25-45)57-40-59-60(64-62-56-23-13-11-21-54(56)53-20-10-12-22-55(53)61(59)62)41-58(57)49-32-38-52(39-33-49)63(50-34-28-46(29-35-50)43-16-6-2-7-17-43)51-36-30-47(31-37-51)44-18-8-3-9-19-44/h1-41H. The number of rotatable bonds is 8. The van der Waals surface area contributed by atoms with Gasteiger partial charge in [0.2, 0.25) is 0 Å². The van der Waals surface area contributed by atoms with Gasteiger partial charge in [0.05, 0.1) is 0 Å². The van der Waals surface area contributed by atoms with Crippen molar-refractivity contribution < 1.29 is 4.42 Å². The van der Waals surface area contributed by atoms with Gasteiger partial charge in [-0.3, -0.25) is 0 Å². The number of hydrogen-bond acceptors (Lipinski definition) is 2. The largest absolute Gasteiger partial charge is 0.455 e. The van der Waals surface area contributed by atoms with Crippen molar-refractivity contribution in [1.29, 1.82) is 0 Å². The van der Waals surface area contributed by atoms with Crippen molar-refractivity contribution in [3.05, 3.63) is 249 Å². The van der Waals surface area contributed by atoms with Crippen LogP contribution in [0.4, 0.5) is 17.1 Å².